The van der Waals surface area contributed by atoms with E-state index in [-0.39, 0.29) is 22.2 Å². The number of morpholine rings is 1. The molecule has 1 aliphatic rings. The molecule has 1 fully saturated rings. The number of hydrogen-bond donors (Lipinski definition) is 2. The number of sulfone groups is 1. The van der Waals surface area contributed by atoms with Crippen molar-refractivity contribution in [3.63, 3.8) is 0 Å². The van der Waals surface area contributed by atoms with Crippen LogP contribution in [0.25, 0.3) is 11.0 Å². The molecule has 5 rings (SSSR count). The van der Waals surface area contributed by atoms with Gasteiger partial charge in [-0.05, 0) is 42.0 Å². The molecule has 10 heteroatoms. The Morgan fingerprint density at radius 1 is 1.03 bits per heavy atom. The van der Waals surface area contributed by atoms with Crippen LogP contribution in [-0.2, 0) is 21.1 Å². The average Bonchev–Trinajstić information content (AvgIpc) is 3.36. The number of fused-ring (bicyclic) bond motifs is 1. The Balaban J connectivity index is 1.27. The van der Waals surface area contributed by atoms with Gasteiger partial charge < -0.3 is 15.0 Å². The van der Waals surface area contributed by atoms with Gasteiger partial charge in [0.25, 0.3) is 5.91 Å². The summed E-state index contributed by atoms with van der Waals surface area (Å²) in [5.74, 6) is -0.271. The molecule has 1 aliphatic heterocycles. The molecule has 0 aliphatic carbocycles. The van der Waals surface area contributed by atoms with Gasteiger partial charge in [0, 0.05) is 36.9 Å². The fourth-order valence-corrected chi connectivity index (χ4v) is 5.14. The van der Waals surface area contributed by atoms with E-state index in [9.17, 15) is 13.2 Å². The van der Waals surface area contributed by atoms with Gasteiger partial charge in [-0.25, -0.2) is 13.4 Å². The van der Waals surface area contributed by atoms with Crippen LogP contribution in [0.3, 0.4) is 0 Å². The van der Waals surface area contributed by atoms with Crippen LogP contribution >= 0.6 is 0 Å². The van der Waals surface area contributed by atoms with Crippen LogP contribution in [0.1, 0.15) is 15.9 Å². The Labute approximate surface area is 196 Å². The van der Waals surface area contributed by atoms with Crippen molar-refractivity contribution in [1.82, 2.24) is 20.5 Å². The molecular formula is C24H23N5O4S. The number of benzene rings is 2. The number of pyridine rings is 1. The number of hydrogen-bond acceptors (Lipinski definition) is 7. The van der Waals surface area contributed by atoms with Gasteiger partial charge in [-0.2, -0.15) is 5.10 Å². The molecule has 0 atom stereocenters. The summed E-state index contributed by atoms with van der Waals surface area (Å²) in [6.45, 7) is 2.98. The number of carbonyl (C=O) groups excluding carboxylic acids is 1. The minimum absolute atomic E-state index is 0.205. The first-order valence-electron chi connectivity index (χ1n) is 10.8. The van der Waals surface area contributed by atoms with E-state index in [1.165, 1.54) is 6.20 Å². The van der Waals surface area contributed by atoms with E-state index in [2.05, 4.69) is 25.4 Å². The first kappa shape index (κ1) is 22.1. The van der Waals surface area contributed by atoms with Crippen LogP contribution in [0.4, 0.5) is 5.69 Å². The standard InChI is InChI=1S/C24H23N5O4S/c30-24(19-12-18-16-27-28-23(18)25-15-19)26-14-17-4-6-21(7-5-17)34(31,32)22-3-1-2-20(13-22)29-8-10-33-11-9-29/h1-7,12-13,15-16H,8-11,14H2,(H,26,30)(H,25,27,28). The van der Waals surface area contributed by atoms with E-state index >= 15 is 0 Å². The Kier molecular flexibility index (Phi) is 5.99. The number of amides is 1. The molecule has 0 radical (unpaired) electrons. The zero-order chi connectivity index (χ0) is 23.5. The molecule has 1 saturated heterocycles. The Bertz CT molecular complexity index is 1430. The maximum atomic E-state index is 13.2. The number of ether oxygens (including phenoxy) is 1. The van der Waals surface area contributed by atoms with Crippen LogP contribution < -0.4 is 10.2 Å². The highest BCUT2D eigenvalue weighted by Gasteiger charge is 2.20. The maximum Gasteiger partial charge on any atom is 0.253 e. The molecule has 0 bridgehead atoms. The van der Waals surface area contributed by atoms with Gasteiger partial charge in [0.2, 0.25) is 9.84 Å². The van der Waals surface area contributed by atoms with Gasteiger partial charge in [0.05, 0.1) is 34.8 Å². The SMILES string of the molecule is O=C(NCc1ccc(S(=O)(=O)c2cccc(N3CCOCC3)c2)cc1)c1cnc2[nH]ncc2c1. The number of carbonyl (C=O) groups is 1. The molecule has 1 amide bonds. The molecule has 2 aromatic heterocycles. The third kappa shape index (κ3) is 4.50. The second-order valence-corrected chi connectivity index (χ2v) is 9.91. The minimum Gasteiger partial charge on any atom is -0.378 e. The van der Waals surface area contributed by atoms with Crippen molar-refractivity contribution < 1.29 is 17.9 Å². The number of rotatable bonds is 6. The quantitative estimate of drug-likeness (QED) is 0.438. The molecule has 0 saturated carbocycles. The number of anilines is 1. The average molecular weight is 478 g/mol. The van der Waals surface area contributed by atoms with Crippen molar-refractivity contribution in [2.45, 2.75) is 16.3 Å². The predicted molar refractivity (Wildman–Crippen MR) is 126 cm³/mol. The van der Waals surface area contributed by atoms with E-state index in [0.29, 0.717) is 24.4 Å². The summed E-state index contributed by atoms with van der Waals surface area (Å²) in [7, 11) is -3.67. The van der Waals surface area contributed by atoms with Gasteiger partial charge in [-0.3, -0.25) is 9.89 Å². The molecule has 174 valence electrons. The van der Waals surface area contributed by atoms with Crippen molar-refractivity contribution >= 4 is 32.5 Å². The fourth-order valence-electron chi connectivity index (χ4n) is 3.84. The van der Waals surface area contributed by atoms with E-state index in [1.807, 2.05) is 6.07 Å². The summed E-state index contributed by atoms with van der Waals surface area (Å²) in [6, 6.07) is 15.2. The second kappa shape index (κ2) is 9.24. The monoisotopic (exact) mass is 477 g/mol. The summed E-state index contributed by atoms with van der Waals surface area (Å²) in [5, 5.41) is 10.2. The molecule has 4 aromatic rings. The largest absolute Gasteiger partial charge is 0.378 e. The van der Waals surface area contributed by atoms with Gasteiger partial charge >= 0.3 is 0 Å². The molecule has 0 unspecified atom stereocenters. The van der Waals surface area contributed by atoms with Gasteiger partial charge in [-0.15, -0.1) is 0 Å². The third-order valence-corrected chi connectivity index (χ3v) is 7.51. The lowest BCUT2D eigenvalue weighted by Gasteiger charge is -2.29. The molecule has 2 aromatic carbocycles. The van der Waals surface area contributed by atoms with Crippen molar-refractivity contribution in [2.75, 3.05) is 31.2 Å². The lowest BCUT2D eigenvalue weighted by Crippen LogP contribution is -2.36. The number of nitrogens with one attached hydrogen (secondary N) is 2. The van der Waals surface area contributed by atoms with Crippen LogP contribution in [0.5, 0.6) is 0 Å². The van der Waals surface area contributed by atoms with Gasteiger partial charge in [0.15, 0.2) is 5.65 Å². The fraction of sp³-hybridized carbons (Fsp3) is 0.208. The normalized spacial score (nSPS) is 14.3. The van der Waals surface area contributed by atoms with E-state index in [1.54, 1.807) is 54.7 Å². The first-order valence-corrected chi connectivity index (χ1v) is 12.3. The Morgan fingerprint density at radius 3 is 2.62 bits per heavy atom. The second-order valence-electron chi connectivity index (χ2n) is 7.96. The van der Waals surface area contributed by atoms with Gasteiger partial charge in [0.1, 0.15) is 0 Å². The van der Waals surface area contributed by atoms with Crippen molar-refractivity contribution in [2.24, 2.45) is 0 Å². The summed E-state index contributed by atoms with van der Waals surface area (Å²) >= 11 is 0. The number of H-pyrrole nitrogens is 1. The molecule has 2 N–H and O–H groups in total. The van der Waals surface area contributed by atoms with E-state index < -0.39 is 9.84 Å². The lowest BCUT2D eigenvalue weighted by molar-refractivity contribution is 0.0950. The lowest BCUT2D eigenvalue weighted by atomic mass is 10.2. The number of nitrogens with zero attached hydrogens (tertiary/aromatic N) is 3. The van der Waals surface area contributed by atoms with Crippen LogP contribution in [0, 0.1) is 0 Å². The van der Waals surface area contributed by atoms with Crippen LogP contribution in [0.2, 0.25) is 0 Å². The van der Waals surface area contributed by atoms with Crippen molar-refractivity contribution in [1.29, 1.82) is 0 Å². The van der Waals surface area contributed by atoms with Crippen molar-refractivity contribution in [3.05, 3.63) is 78.1 Å². The highest BCUT2D eigenvalue weighted by atomic mass is 32.2. The highest BCUT2D eigenvalue weighted by Crippen LogP contribution is 2.26. The molecular weight excluding hydrogens is 454 g/mol. The number of aromatic amines is 1. The highest BCUT2D eigenvalue weighted by molar-refractivity contribution is 7.91. The summed E-state index contributed by atoms with van der Waals surface area (Å²) in [4.78, 5) is 19.2. The predicted octanol–water partition coefficient (Wildman–Crippen LogP) is 2.56. The zero-order valence-electron chi connectivity index (χ0n) is 18.3. The van der Waals surface area contributed by atoms with Crippen LogP contribution in [0.15, 0.2) is 76.8 Å². The van der Waals surface area contributed by atoms with E-state index in [0.717, 1.165) is 29.7 Å². The third-order valence-electron chi connectivity index (χ3n) is 5.74. The first-order chi connectivity index (χ1) is 16.5. The van der Waals surface area contributed by atoms with Gasteiger partial charge in [-0.1, -0.05) is 18.2 Å². The maximum absolute atomic E-state index is 13.2. The summed E-state index contributed by atoms with van der Waals surface area (Å²) < 4.78 is 31.8. The topological polar surface area (TPSA) is 117 Å². The smallest absolute Gasteiger partial charge is 0.253 e. The number of aromatic nitrogens is 3. The summed E-state index contributed by atoms with van der Waals surface area (Å²) in [5.41, 5.74) is 2.69. The summed E-state index contributed by atoms with van der Waals surface area (Å²) in [6.07, 6.45) is 3.09. The molecule has 0 spiro atoms. The van der Waals surface area contributed by atoms with Crippen molar-refractivity contribution in [3.8, 4) is 0 Å². The molecule has 9 nitrogen and oxygen atoms in total. The Hall–Kier alpha value is -3.76. The molecule has 34 heavy (non-hydrogen) atoms. The van der Waals surface area contributed by atoms with Crippen LogP contribution in [-0.4, -0.2) is 55.8 Å². The Morgan fingerprint density at radius 2 is 1.82 bits per heavy atom. The van der Waals surface area contributed by atoms with E-state index in [4.69, 9.17) is 4.74 Å². The minimum atomic E-state index is -3.67. The molecule has 3 heterocycles. The zero-order valence-corrected chi connectivity index (χ0v) is 19.1.